The van der Waals surface area contributed by atoms with Crippen LogP contribution in [0, 0.1) is 11.3 Å². The van der Waals surface area contributed by atoms with Crippen LogP contribution >= 0.6 is 0 Å². The van der Waals surface area contributed by atoms with Crippen molar-refractivity contribution in [3.05, 3.63) is 53.6 Å². The fourth-order valence-electron chi connectivity index (χ4n) is 2.65. The molecule has 0 saturated heterocycles. The highest BCUT2D eigenvalue weighted by Crippen LogP contribution is 2.35. The Kier molecular flexibility index (Phi) is 4.62. The second kappa shape index (κ2) is 6.86. The summed E-state index contributed by atoms with van der Waals surface area (Å²) in [6.45, 7) is 4.80. The van der Waals surface area contributed by atoms with Gasteiger partial charge in [0.2, 0.25) is 5.91 Å². The lowest BCUT2D eigenvalue weighted by Gasteiger charge is -2.26. The highest BCUT2D eigenvalue weighted by molar-refractivity contribution is 5.98. The molecule has 25 heavy (non-hydrogen) atoms. The minimum Gasteiger partial charge on any atom is -0.486 e. The lowest BCUT2D eigenvalue weighted by Crippen LogP contribution is -2.34. The Balaban J connectivity index is 1.77. The smallest absolute Gasteiger partial charge is 0.234 e. The summed E-state index contributed by atoms with van der Waals surface area (Å²) in [5, 5.41) is 11.6. The zero-order valence-electron chi connectivity index (χ0n) is 14.3. The fraction of sp³-hybridized carbons (Fsp3) is 0.300. The molecule has 0 bridgehead atoms. The largest absolute Gasteiger partial charge is 0.486 e. The van der Waals surface area contributed by atoms with Crippen LogP contribution in [0.1, 0.15) is 25.0 Å². The number of fused-ring (bicyclic) bond motifs is 1. The van der Waals surface area contributed by atoms with Crippen molar-refractivity contribution in [2.75, 3.05) is 18.5 Å². The Morgan fingerprint density at radius 1 is 1.12 bits per heavy atom. The number of nitrogens with zero attached hydrogens (tertiary/aromatic N) is 1. The van der Waals surface area contributed by atoms with Gasteiger partial charge in [-0.05, 0) is 49.2 Å². The third-order valence-electron chi connectivity index (χ3n) is 4.33. The Bertz CT molecular complexity index is 820. The molecule has 128 valence electrons. The summed E-state index contributed by atoms with van der Waals surface area (Å²) in [6, 6.07) is 15.0. The maximum absolute atomic E-state index is 12.8. The zero-order valence-corrected chi connectivity index (χ0v) is 14.3. The molecule has 0 aromatic heterocycles. The molecule has 0 spiro atoms. The molecular formula is C20H20N2O3. The molecule has 2 aromatic rings. The zero-order chi connectivity index (χ0) is 17.9. The molecule has 1 heterocycles. The highest BCUT2D eigenvalue weighted by Gasteiger charge is 2.31. The first-order chi connectivity index (χ1) is 12.0. The van der Waals surface area contributed by atoms with Crippen molar-refractivity contribution in [2.24, 2.45) is 0 Å². The molecule has 1 aliphatic rings. The summed E-state index contributed by atoms with van der Waals surface area (Å²) in [4.78, 5) is 12.8. The minimum absolute atomic E-state index is 0.114. The molecule has 1 N–H and O–H groups in total. The van der Waals surface area contributed by atoms with E-state index in [-0.39, 0.29) is 5.91 Å². The Labute approximate surface area is 147 Å². The molecule has 1 amide bonds. The molecule has 0 fully saturated rings. The third kappa shape index (κ3) is 3.58. The molecule has 1 aliphatic heterocycles. The number of anilines is 1. The summed E-state index contributed by atoms with van der Waals surface area (Å²) in [5.74, 6) is 1.27. The molecule has 0 saturated carbocycles. The number of hydrogen-bond donors (Lipinski definition) is 1. The van der Waals surface area contributed by atoms with Crippen LogP contribution in [-0.4, -0.2) is 19.1 Å². The van der Waals surface area contributed by atoms with Crippen molar-refractivity contribution < 1.29 is 14.3 Å². The number of ether oxygens (including phenoxy) is 2. The third-order valence-corrected chi connectivity index (χ3v) is 4.33. The van der Waals surface area contributed by atoms with E-state index in [1.54, 1.807) is 0 Å². The standard InChI is InChI=1S/C20H20N2O3/c1-20(2,15-5-8-17-18(13-15)25-12-11-24-17)19(23)22-16-6-3-14(4-7-16)9-10-21/h3-8,13H,9,11-12H2,1-2H3,(H,22,23). The number of carbonyl (C=O) groups is 1. The number of nitrogens with one attached hydrogen (secondary N) is 1. The number of hydrogen-bond acceptors (Lipinski definition) is 4. The van der Waals surface area contributed by atoms with Crippen molar-refractivity contribution in [1.82, 2.24) is 0 Å². The molecule has 0 radical (unpaired) electrons. The van der Waals surface area contributed by atoms with E-state index in [4.69, 9.17) is 14.7 Å². The molecule has 5 heteroatoms. The average Bonchev–Trinajstić information content (AvgIpc) is 2.63. The van der Waals surface area contributed by atoms with E-state index >= 15 is 0 Å². The van der Waals surface area contributed by atoms with E-state index in [1.807, 2.05) is 56.3 Å². The van der Waals surface area contributed by atoms with Gasteiger partial charge in [-0.3, -0.25) is 4.79 Å². The Morgan fingerprint density at radius 2 is 1.80 bits per heavy atom. The molecular weight excluding hydrogens is 316 g/mol. The van der Waals surface area contributed by atoms with E-state index in [1.165, 1.54) is 0 Å². The van der Waals surface area contributed by atoms with Crippen LogP contribution in [0.4, 0.5) is 5.69 Å². The number of benzene rings is 2. The van der Waals surface area contributed by atoms with E-state index in [2.05, 4.69) is 11.4 Å². The fourth-order valence-corrected chi connectivity index (χ4v) is 2.65. The van der Waals surface area contributed by atoms with Gasteiger partial charge >= 0.3 is 0 Å². The van der Waals surface area contributed by atoms with Crippen LogP contribution in [0.3, 0.4) is 0 Å². The van der Waals surface area contributed by atoms with Crippen molar-refractivity contribution in [3.63, 3.8) is 0 Å². The van der Waals surface area contributed by atoms with Crippen LogP contribution in [0.15, 0.2) is 42.5 Å². The van der Waals surface area contributed by atoms with Gasteiger partial charge < -0.3 is 14.8 Å². The Morgan fingerprint density at radius 3 is 2.48 bits per heavy atom. The van der Waals surface area contributed by atoms with Gasteiger partial charge in [0.25, 0.3) is 0 Å². The molecule has 0 aliphatic carbocycles. The van der Waals surface area contributed by atoms with Gasteiger partial charge in [0.1, 0.15) is 13.2 Å². The predicted molar refractivity (Wildman–Crippen MR) is 94.8 cm³/mol. The van der Waals surface area contributed by atoms with Gasteiger partial charge in [-0.1, -0.05) is 18.2 Å². The summed E-state index contributed by atoms with van der Waals surface area (Å²) in [6.07, 6.45) is 0.358. The monoisotopic (exact) mass is 336 g/mol. The van der Waals surface area contributed by atoms with Crippen LogP contribution in [0.2, 0.25) is 0 Å². The van der Waals surface area contributed by atoms with Crippen molar-refractivity contribution >= 4 is 11.6 Å². The predicted octanol–water partition coefficient (Wildman–Crippen LogP) is 3.44. The maximum atomic E-state index is 12.8. The molecule has 3 rings (SSSR count). The lowest BCUT2D eigenvalue weighted by atomic mass is 9.83. The van der Waals surface area contributed by atoms with Crippen LogP contribution in [0.25, 0.3) is 0 Å². The van der Waals surface area contributed by atoms with Crippen molar-refractivity contribution in [3.8, 4) is 17.6 Å². The maximum Gasteiger partial charge on any atom is 0.234 e. The van der Waals surface area contributed by atoms with Crippen molar-refractivity contribution in [1.29, 1.82) is 5.26 Å². The molecule has 2 aromatic carbocycles. The molecule has 5 nitrogen and oxygen atoms in total. The van der Waals surface area contributed by atoms with E-state index < -0.39 is 5.41 Å². The number of rotatable bonds is 4. The van der Waals surface area contributed by atoms with Gasteiger partial charge in [-0.2, -0.15) is 5.26 Å². The summed E-state index contributed by atoms with van der Waals surface area (Å²) >= 11 is 0. The summed E-state index contributed by atoms with van der Waals surface area (Å²) in [5.41, 5.74) is 1.75. The van der Waals surface area contributed by atoms with Gasteiger partial charge in [-0.25, -0.2) is 0 Å². The average molecular weight is 336 g/mol. The summed E-state index contributed by atoms with van der Waals surface area (Å²) < 4.78 is 11.1. The van der Waals surface area contributed by atoms with Gasteiger partial charge in [0, 0.05) is 5.69 Å². The lowest BCUT2D eigenvalue weighted by molar-refractivity contribution is -0.120. The normalized spacial score (nSPS) is 13.0. The Hall–Kier alpha value is -3.00. The van der Waals surface area contributed by atoms with Crippen molar-refractivity contribution in [2.45, 2.75) is 25.7 Å². The SMILES string of the molecule is CC(C)(C(=O)Nc1ccc(CC#N)cc1)c1ccc2c(c1)OCCO2. The van der Waals surface area contributed by atoms with Crippen LogP contribution in [-0.2, 0) is 16.6 Å². The highest BCUT2D eigenvalue weighted by atomic mass is 16.6. The first-order valence-electron chi connectivity index (χ1n) is 8.18. The molecule has 0 unspecified atom stereocenters. The summed E-state index contributed by atoms with van der Waals surface area (Å²) in [7, 11) is 0. The van der Waals surface area contributed by atoms with Crippen LogP contribution in [0.5, 0.6) is 11.5 Å². The second-order valence-electron chi connectivity index (χ2n) is 6.47. The minimum atomic E-state index is -0.735. The van der Waals surface area contributed by atoms with E-state index in [0.29, 0.717) is 36.8 Å². The van der Waals surface area contributed by atoms with Gasteiger partial charge in [0.05, 0.1) is 17.9 Å². The first-order valence-corrected chi connectivity index (χ1v) is 8.18. The second-order valence-corrected chi connectivity index (χ2v) is 6.47. The number of nitriles is 1. The van der Waals surface area contributed by atoms with Crippen LogP contribution < -0.4 is 14.8 Å². The van der Waals surface area contributed by atoms with Gasteiger partial charge in [0.15, 0.2) is 11.5 Å². The number of amides is 1. The topological polar surface area (TPSA) is 71.4 Å². The van der Waals surface area contributed by atoms with E-state index in [9.17, 15) is 4.79 Å². The van der Waals surface area contributed by atoms with Gasteiger partial charge in [-0.15, -0.1) is 0 Å². The van der Waals surface area contributed by atoms with E-state index in [0.717, 1.165) is 11.1 Å². The first kappa shape index (κ1) is 16.8. The quantitative estimate of drug-likeness (QED) is 0.928. The molecule has 0 atom stereocenters. The number of carbonyl (C=O) groups excluding carboxylic acids is 1.